The number of fused-ring (bicyclic) bond motifs is 4. The second-order valence-corrected chi connectivity index (χ2v) is 10.1. The standard InChI is InChI=1S/C34H38/c1-2-3-4-5-6-7-8-9-10-11-20-32-33-24-28-18-14-12-16-26(28)21-30(33)23-31-22-27-17-13-15-19-29(27)25-34(31)32/h12-19,21-25H,2-11,20H2,1H3. The fraction of sp³-hybridized carbons (Fsp3) is 0.353. The minimum atomic E-state index is 1.17. The van der Waals surface area contributed by atoms with E-state index >= 15 is 0 Å². The lowest BCUT2D eigenvalue weighted by Crippen LogP contribution is -1.93. The van der Waals surface area contributed by atoms with E-state index < -0.39 is 0 Å². The second-order valence-electron chi connectivity index (χ2n) is 10.1. The van der Waals surface area contributed by atoms with Gasteiger partial charge in [0, 0.05) is 0 Å². The number of unbranched alkanes of at least 4 members (excludes halogenated alkanes) is 9. The molecule has 0 bridgehead atoms. The zero-order chi connectivity index (χ0) is 23.2. The summed E-state index contributed by atoms with van der Waals surface area (Å²) in [6.07, 6.45) is 15.0. The molecule has 0 heterocycles. The maximum absolute atomic E-state index is 2.44. The third-order valence-corrected chi connectivity index (χ3v) is 7.58. The molecule has 0 unspecified atom stereocenters. The Morgan fingerprint density at radius 3 is 1.26 bits per heavy atom. The van der Waals surface area contributed by atoms with Gasteiger partial charge in [-0.25, -0.2) is 0 Å². The minimum absolute atomic E-state index is 1.17. The molecule has 0 saturated heterocycles. The molecule has 0 N–H and O–H groups in total. The molecule has 0 aliphatic carbocycles. The highest BCUT2D eigenvalue weighted by Crippen LogP contribution is 2.35. The normalized spacial score (nSPS) is 11.8. The van der Waals surface area contributed by atoms with Crippen molar-refractivity contribution in [3.05, 3.63) is 84.4 Å². The molecule has 0 amide bonds. The molecule has 5 aromatic carbocycles. The van der Waals surface area contributed by atoms with E-state index in [2.05, 4.69) is 85.8 Å². The number of rotatable bonds is 11. The molecule has 0 spiro atoms. The molecular formula is C34H38. The highest BCUT2D eigenvalue weighted by atomic mass is 14.1. The SMILES string of the molecule is CCCCCCCCCCCCc1c2cc3ccccc3cc2cc2cc3ccccc3cc12. The van der Waals surface area contributed by atoms with Crippen molar-refractivity contribution >= 4 is 43.1 Å². The van der Waals surface area contributed by atoms with Crippen LogP contribution in [0.5, 0.6) is 0 Å². The minimum Gasteiger partial charge on any atom is -0.0654 e. The first-order chi connectivity index (χ1) is 16.8. The molecule has 174 valence electrons. The molecule has 0 radical (unpaired) electrons. The zero-order valence-corrected chi connectivity index (χ0v) is 20.8. The lowest BCUT2D eigenvalue weighted by molar-refractivity contribution is 0.557. The monoisotopic (exact) mass is 446 g/mol. The Bertz CT molecular complexity index is 1300. The van der Waals surface area contributed by atoms with Crippen LogP contribution >= 0.6 is 0 Å². The molecule has 34 heavy (non-hydrogen) atoms. The summed E-state index contributed by atoms with van der Waals surface area (Å²) in [5.41, 5.74) is 1.54. The van der Waals surface area contributed by atoms with Crippen LogP contribution in [-0.4, -0.2) is 0 Å². The summed E-state index contributed by atoms with van der Waals surface area (Å²) in [6, 6.07) is 29.6. The van der Waals surface area contributed by atoms with Crippen LogP contribution in [0.3, 0.4) is 0 Å². The van der Waals surface area contributed by atoms with Gasteiger partial charge in [-0.1, -0.05) is 113 Å². The first-order valence-electron chi connectivity index (χ1n) is 13.6. The first-order valence-corrected chi connectivity index (χ1v) is 13.6. The average Bonchev–Trinajstić information content (AvgIpc) is 2.87. The van der Waals surface area contributed by atoms with Gasteiger partial charge in [-0.3, -0.25) is 0 Å². The molecule has 0 heteroatoms. The molecule has 0 aliphatic heterocycles. The van der Waals surface area contributed by atoms with Crippen LogP contribution in [0, 0.1) is 0 Å². The zero-order valence-electron chi connectivity index (χ0n) is 20.8. The lowest BCUT2D eigenvalue weighted by Gasteiger charge is -2.14. The number of hydrogen-bond donors (Lipinski definition) is 0. The topological polar surface area (TPSA) is 0 Å². The smallest absolute Gasteiger partial charge is 0.0139 e. The average molecular weight is 447 g/mol. The Morgan fingerprint density at radius 1 is 0.412 bits per heavy atom. The van der Waals surface area contributed by atoms with Gasteiger partial charge >= 0.3 is 0 Å². The van der Waals surface area contributed by atoms with Gasteiger partial charge < -0.3 is 0 Å². The first kappa shape index (κ1) is 22.9. The summed E-state index contributed by atoms with van der Waals surface area (Å²) >= 11 is 0. The highest BCUT2D eigenvalue weighted by Gasteiger charge is 2.10. The molecule has 5 rings (SSSR count). The van der Waals surface area contributed by atoms with Crippen molar-refractivity contribution in [1.82, 2.24) is 0 Å². The van der Waals surface area contributed by atoms with Crippen LogP contribution in [0.4, 0.5) is 0 Å². The van der Waals surface area contributed by atoms with Crippen LogP contribution in [-0.2, 0) is 6.42 Å². The largest absolute Gasteiger partial charge is 0.0654 e. The molecule has 0 fully saturated rings. The van der Waals surface area contributed by atoms with E-state index in [0.29, 0.717) is 0 Å². The Kier molecular flexibility index (Phi) is 7.44. The third kappa shape index (κ3) is 5.12. The van der Waals surface area contributed by atoms with Gasteiger partial charge in [0.1, 0.15) is 0 Å². The Balaban J connectivity index is 1.39. The maximum atomic E-state index is 2.44. The molecule has 0 saturated carbocycles. The van der Waals surface area contributed by atoms with Gasteiger partial charge in [0.2, 0.25) is 0 Å². The molecular weight excluding hydrogens is 408 g/mol. The molecule has 0 aliphatic rings. The van der Waals surface area contributed by atoms with Crippen molar-refractivity contribution in [2.24, 2.45) is 0 Å². The van der Waals surface area contributed by atoms with Gasteiger partial charge in [-0.2, -0.15) is 0 Å². The van der Waals surface area contributed by atoms with E-state index in [4.69, 9.17) is 0 Å². The van der Waals surface area contributed by atoms with Crippen LogP contribution in [0.25, 0.3) is 43.1 Å². The third-order valence-electron chi connectivity index (χ3n) is 7.58. The van der Waals surface area contributed by atoms with Gasteiger partial charge in [-0.15, -0.1) is 0 Å². The summed E-state index contributed by atoms with van der Waals surface area (Å²) in [7, 11) is 0. The summed E-state index contributed by atoms with van der Waals surface area (Å²) in [5, 5.41) is 11.0. The fourth-order valence-corrected chi connectivity index (χ4v) is 5.65. The number of aryl methyl sites for hydroxylation is 1. The van der Waals surface area contributed by atoms with Crippen molar-refractivity contribution in [2.45, 2.75) is 77.6 Å². The van der Waals surface area contributed by atoms with Crippen LogP contribution in [0.2, 0.25) is 0 Å². The molecule has 0 aromatic heterocycles. The van der Waals surface area contributed by atoms with Crippen molar-refractivity contribution in [1.29, 1.82) is 0 Å². The van der Waals surface area contributed by atoms with E-state index in [-0.39, 0.29) is 0 Å². The van der Waals surface area contributed by atoms with E-state index in [0.717, 1.165) is 0 Å². The predicted octanol–water partition coefficient (Wildman–Crippen LogP) is 10.8. The van der Waals surface area contributed by atoms with Crippen molar-refractivity contribution in [3.8, 4) is 0 Å². The van der Waals surface area contributed by atoms with Gasteiger partial charge in [-0.05, 0) is 91.8 Å². The molecule has 0 nitrogen and oxygen atoms in total. The number of hydrogen-bond acceptors (Lipinski definition) is 0. The molecule has 5 aromatic rings. The van der Waals surface area contributed by atoms with Crippen molar-refractivity contribution in [3.63, 3.8) is 0 Å². The summed E-state index contributed by atoms with van der Waals surface area (Å²) in [6.45, 7) is 2.30. The van der Waals surface area contributed by atoms with Crippen molar-refractivity contribution in [2.75, 3.05) is 0 Å². The number of benzene rings is 5. The second kappa shape index (κ2) is 11.0. The van der Waals surface area contributed by atoms with E-state index in [1.54, 1.807) is 5.56 Å². The van der Waals surface area contributed by atoms with E-state index in [1.165, 1.54) is 114 Å². The van der Waals surface area contributed by atoms with Crippen molar-refractivity contribution < 1.29 is 0 Å². The van der Waals surface area contributed by atoms with E-state index in [9.17, 15) is 0 Å². The van der Waals surface area contributed by atoms with Crippen LogP contribution in [0.15, 0.2) is 78.9 Å². The maximum Gasteiger partial charge on any atom is -0.0139 e. The van der Waals surface area contributed by atoms with Gasteiger partial charge in [0.25, 0.3) is 0 Å². The Labute approximate surface area is 205 Å². The quantitative estimate of drug-likeness (QED) is 0.140. The Hall–Kier alpha value is -2.86. The highest BCUT2D eigenvalue weighted by molar-refractivity contribution is 6.10. The lowest BCUT2D eigenvalue weighted by atomic mass is 9.90. The summed E-state index contributed by atoms with van der Waals surface area (Å²) in [5.74, 6) is 0. The van der Waals surface area contributed by atoms with Gasteiger partial charge in [0.15, 0.2) is 0 Å². The summed E-state index contributed by atoms with van der Waals surface area (Å²) in [4.78, 5) is 0. The molecule has 0 atom stereocenters. The fourth-order valence-electron chi connectivity index (χ4n) is 5.65. The van der Waals surface area contributed by atoms with E-state index in [1.807, 2.05) is 0 Å². The predicted molar refractivity (Wildman–Crippen MR) is 152 cm³/mol. The Morgan fingerprint density at radius 2 is 0.794 bits per heavy atom. The van der Waals surface area contributed by atoms with Crippen LogP contribution in [0.1, 0.15) is 76.7 Å². The van der Waals surface area contributed by atoms with Crippen LogP contribution < -0.4 is 0 Å². The summed E-state index contributed by atoms with van der Waals surface area (Å²) < 4.78 is 0. The van der Waals surface area contributed by atoms with Gasteiger partial charge in [0.05, 0.1) is 0 Å².